The second-order valence-electron chi connectivity index (χ2n) is 9.51. The molecule has 0 aliphatic carbocycles. The van der Waals surface area contributed by atoms with Crippen LogP contribution in [0.25, 0.3) is 0 Å². The highest BCUT2D eigenvalue weighted by Crippen LogP contribution is 2.34. The molecule has 0 aliphatic rings. The fourth-order valence-corrected chi connectivity index (χ4v) is 3.86. The van der Waals surface area contributed by atoms with E-state index in [2.05, 4.69) is 37.2 Å². The van der Waals surface area contributed by atoms with E-state index in [0.717, 1.165) is 33.8 Å². The summed E-state index contributed by atoms with van der Waals surface area (Å²) in [5, 5.41) is 10.8. The van der Waals surface area contributed by atoms with Crippen molar-refractivity contribution in [2.24, 2.45) is 0 Å². The molecule has 6 N–H and O–H groups in total. The zero-order valence-corrected chi connectivity index (χ0v) is 22.6. The van der Waals surface area contributed by atoms with Crippen molar-refractivity contribution in [3.05, 3.63) is 63.1 Å². The van der Waals surface area contributed by atoms with Gasteiger partial charge in [0.05, 0.1) is 23.4 Å². The van der Waals surface area contributed by atoms with Crippen LogP contribution in [0.4, 0.5) is 18.9 Å². The summed E-state index contributed by atoms with van der Waals surface area (Å²) in [4.78, 5) is 37.8. The molecule has 0 heterocycles. The molecule has 0 aliphatic heterocycles. The van der Waals surface area contributed by atoms with E-state index < -0.39 is 58.8 Å². The van der Waals surface area contributed by atoms with Gasteiger partial charge in [0.25, 0.3) is 5.91 Å². The first kappa shape index (κ1) is 30.1. The topological polar surface area (TPSA) is 125 Å². The highest BCUT2D eigenvalue weighted by atomic mass is 79.9. The van der Waals surface area contributed by atoms with E-state index in [-0.39, 0.29) is 6.54 Å². The van der Waals surface area contributed by atoms with Crippen LogP contribution in [-0.4, -0.2) is 42.4 Å². The maximum Gasteiger partial charge on any atom is 0.418 e. The molecule has 202 valence electrons. The van der Waals surface area contributed by atoms with Gasteiger partial charge >= 0.3 is 6.18 Å². The molecule has 1 atom stereocenters. The lowest BCUT2D eigenvalue weighted by atomic mass is 10.1. The third-order valence-electron chi connectivity index (χ3n) is 5.18. The number of nitrogens with one attached hydrogen (secondary N) is 4. The fourth-order valence-electron chi connectivity index (χ4n) is 3.39. The van der Waals surface area contributed by atoms with Crippen LogP contribution in [0.15, 0.2) is 40.9 Å². The van der Waals surface area contributed by atoms with E-state index in [1.165, 1.54) is 0 Å². The lowest BCUT2D eigenvalue weighted by molar-refractivity contribution is -0.137. The first-order valence-electron chi connectivity index (χ1n) is 11.4. The summed E-state index contributed by atoms with van der Waals surface area (Å²) >= 11 is 3.41. The number of alkyl halides is 3. The van der Waals surface area contributed by atoms with Gasteiger partial charge in [-0.05, 0) is 63.1 Å². The molecular weight excluding hydrogens is 555 g/mol. The number of hydrogen-bond acceptors (Lipinski definition) is 5. The molecule has 0 saturated carbocycles. The summed E-state index contributed by atoms with van der Waals surface area (Å²) in [6, 6.07) is 7.77. The number of anilines is 1. The third-order valence-corrected chi connectivity index (χ3v) is 5.68. The average molecular weight is 586 g/mol. The Morgan fingerprint density at radius 2 is 1.76 bits per heavy atom. The third kappa shape index (κ3) is 9.36. The van der Waals surface area contributed by atoms with Crippen LogP contribution in [0.3, 0.4) is 0 Å². The number of carbonyl (C=O) groups is 3. The van der Waals surface area contributed by atoms with Crippen molar-refractivity contribution in [2.75, 3.05) is 18.8 Å². The van der Waals surface area contributed by atoms with Gasteiger partial charge in [0.1, 0.15) is 6.04 Å². The predicted octanol–water partition coefficient (Wildman–Crippen LogP) is 3.28. The summed E-state index contributed by atoms with van der Waals surface area (Å²) in [6.07, 6.45) is -4.73. The number of aryl methyl sites for hydroxylation is 1. The molecule has 0 unspecified atom stereocenters. The molecule has 2 aromatic carbocycles. The Kier molecular flexibility index (Phi) is 10.1. The molecule has 0 fully saturated rings. The number of para-hydroxylation sites is 1. The van der Waals surface area contributed by atoms with Crippen molar-refractivity contribution in [3.63, 3.8) is 0 Å². The highest BCUT2D eigenvalue weighted by molar-refractivity contribution is 9.10. The van der Waals surface area contributed by atoms with E-state index >= 15 is 0 Å². The van der Waals surface area contributed by atoms with E-state index in [1.54, 1.807) is 20.8 Å². The van der Waals surface area contributed by atoms with Gasteiger partial charge in [0.15, 0.2) is 0 Å². The number of nitrogen functional groups attached to an aromatic ring is 1. The van der Waals surface area contributed by atoms with Crippen LogP contribution in [0, 0.1) is 6.92 Å². The Balaban J connectivity index is 2.04. The van der Waals surface area contributed by atoms with Gasteiger partial charge in [-0.2, -0.15) is 13.2 Å². The number of nitrogens with two attached hydrogens (primary N) is 1. The second-order valence-corrected chi connectivity index (χ2v) is 10.4. The summed E-state index contributed by atoms with van der Waals surface area (Å²) in [5.41, 5.74) is 4.74. The van der Waals surface area contributed by atoms with E-state index in [4.69, 9.17) is 5.73 Å². The summed E-state index contributed by atoms with van der Waals surface area (Å²) in [5.74, 6) is -2.08. The number of carbonyl (C=O) groups excluding carboxylic acids is 3. The van der Waals surface area contributed by atoms with Crippen molar-refractivity contribution in [1.82, 2.24) is 21.3 Å². The summed E-state index contributed by atoms with van der Waals surface area (Å²) in [6.45, 7) is 7.30. The van der Waals surface area contributed by atoms with Crippen molar-refractivity contribution in [3.8, 4) is 0 Å². The predicted molar refractivity (Wildman–Crippen MR) is 139 cm³/mol. The molecule has 0 aromatic heterocycles. The lowest BCUT2D eigenvalue weighted by Crippen LogP contribution is -2.56. The first-order chi connectivity index (χ1) is 17.1. The Bertz CT molecular complexity index is 1150. The van der Waals surface area contributed by atoms with Gasteiger partial charge in [0.2, 0.25) is 11.8 Å². The Morgan fingerprint density at radius 1 is 1.08 bits per heavy atom. The quantitative estimate of drug-likeness (QED) is 0.289. The normalized spacial score (nSPS) is 12.5. The minimum absolute atomic E-state index is 0.0949. The molecule has 8 nitrogen and oxygen atoms in total. The smallest absolute Gasteiger partial charge is 0.398 e. The number of amides is 3. The molecule has 12 heteroatoms. The van der Waals surface area contributed by atoms with Gasteiger partial charge in [-0.3, -0.25) is 14.4 Å². The van der Waals surface area contributed by atoms with Crippen molar-refractivity contribution in [2.45, 2.75) is 52.0 Å². The maximum absolute atomic E-state index is 13.1. The van der Waals surface area contributed by atoms with Gasteiger partial charge in [-0.25, -0.2) is 0 Å². The zero-order valence-electron chi connectivity index (χ0n) is 21.0. The highest BCUT2D eigenvalue weighted by Gasteiger charge is 2.34. The minimum Gasteiger partial charge on any atom is -0.398 e. The lowest BCUT2D eigenvalue weighted by Gasteiger charge is -2.26. The number of hydrogen-bond donors (Lipinski definition) is 5. The van der Waals surface area contributed by atoms with Crippen LogP contribution in [0.2, 0.25) is 0 Å². The number of rotatable bonds is 9. The monoisotopic (exact) mass is 585 g/mol. The van der Waals surface area contributed by atoms with Crippen molar-refractivity contribution >= 4 is 39.3 Å². The van der Waals surface area contributed by atoms with Gasteiger partial charge in [-0.15, -0.1) is 0 Å². The van der Waals surface area contributed by atoms with Crippen LogP contribution in [-0.2, 0) is 22.3 Å². The molecule has 3 amide bonds. The Labute approximate surface area is 222 Å². The molecule has 0 saturated heterocycles. The number of halogens is 4. The standard InChI is InChI=1S/C25H31BrF3N5O3/c1-14-10-16(26)9-8-15(14)11-31-12-19(23(37)34-24(2,3)4)33-20(35)13-32-22(36)17-6-5-7-18(21(17)30)25(27,28)29/h5-10,19,31H,11-13,30H2,1-4H3,(H,32,36)(H,33,35)(H,34,37)/t19-/m0/s1. The number of benzene rings is 2. The summed E-state index contributed by atoms with van der Waals surface area (Å²) in [7, 11) is 0. The van der Waals surface area contributed by atoms with Gasteiger partial charge in [0, 0.05) is 23.1 Å². The van der Waals surface area contributed by atoms with Gasteiger partial charge in [-0.1, -0.05) is 28.1 Å². The van der Waals surface area contributed by atoms with Crippen molar-refractivity contribution in [1.29, 1.82) is 0 Å². The van der Waals surface area contributed by atoms with Crippen LogP contribution in [0.1, 0.15) is 47.8 Å². The molecule has 0 radical (unpaired) electrons. The van der Waals surface area contributed by atoms with Crippen LogP contribution in [0.5, 0.6) is 0 Å². The maximum atomic E-state index is 13.1. The SMILES string of the molecule is Cc1cc(Br)ccc1CNC[C@H](NC(=O)CNC(=O)c1cccc(C(F)(F)F)c1N)C(=O)NC(C)(C)C. The van der Waals surface area contributed by atoms with Crippen molar-refractivity contribution < 1.29 is 27.6 Å². The Morgan fingerprint density at radius 3 is 2.35 bits per heavy atom. The largest absolute Gasteiger partial charge is 0.418 e. The molecule has 0 spiro atoms. The van der Waals surface area contributed by atoms with Gasteiger partial charge < -0.3 is 27.0 Å². The summed E-state index contributed by atoms with van der Waals surface area (Å²) < 4.78 is 40.2. The first-order valence-corrected chi connectivity index (χ1v) is 12.2. The average Bonchev–Trinajstić information content (AvgIpc) is 2.76. The molecule has 2 aromatic rings. The fraction of sp³-hybridized carbons (Fsp3) is 0.400. The minimum atomic E-state index is -4.73. The molecule has 37 heavy (non-hydrogen) atoms. The second kappa shape index (κ2) is 12.4. The van der Waals surface area contributed by atoms with E-state index in [1.807, 2.05) is 25.1 Å². The molecule has 2 rings (SSSR count). The van der Waals surface area contributed by atoms with E-state index in [9.17, 15) is 27.6 Å². The molecular formula is C25H31BrF3N5O3. The van der Waals surface area contributed by atoms with Crippen LogP contribution < -0.4 is 27.0 Å². The Hall–Kier alpha value is -3.12. The van der Waals surface area contributed by atoms with Crippen LogP contribution >= 0.6 is 15.9 Å². The molecule has 0 bridgehead atoms. The zero-order chi connectivity index (χ0) is 28.0. The van der Waals surface area contributed by atoms with E-state index in [0.29, 0.717) is 6.54 Å².